The first kappa shape index (κ1) is 42.7. The minimum atomic E-state index is 0.426. The molecule has 4 aromatic rings. The molecule has 0 spiro atoms. The minimum Gasteiger partial charge on any atom is -0.388 e. The summed E-state index contributed by atoms with van der Waals surface area (Å²) in [5, 5.41) is 0. The fourth-order valence-corrected chi connectivity index (χ4v) is 3.91. The van der Waals surface area contributed by atoms with E-state index in [9.17, 15) is 0 Å². The number of rotatable bonds is 11. The van der Waals surface area contributed by atoms with Crippen LogP contribution in [-0.2, 0) is 41.3 Å². The molecule has 0 aliphatic carbocycles. The average molecular weight is 661 g/mol. The molecule has 6 nitrogen and oxygen atoms in total. The highest BCUT2D eigenvalue weighted by atomic mass is 16.6. The molecule has 0 saturated carbocycles. The molecule has 6 rings (SSSR count). The van der Waals surface area contributed by atoms with Crippen molar-refractivity contribution in [1.29, 1.82) is 0 Å². The summed E-state index contributed by atoms with van der Waals surface area (Å²) >= 11 is 0. The monoisotopic (exact) mass is 660 g/mol. The van der Waals surface area contributed by atoms with Gasteiger partial charge in [-0.3, -0.25) is 0 Å². The summed E-state index contributed by atoms with van der Waals surface area (Å²) in [6.45, 7) is 8.61. The van der Waals surface area contributed by atoms with Crippen molar-refractivity contribution in [3.8, 4) is 0 Å². The number of benzene rings is 4. The zero-order valence-corrected chi connectivity index (χ0v) is 30.4. The lowest BCUT2D eigenvalue weighted by molar-refractivity contribution is 0.171. The summed E-state index contributed by atoms with van der Waals surface area (Å²) in [4.78, 5) is 0. The van der Waals surface area contributed by atoms with Gasteiger partial charge in [0.05, 0.1) is 26.4 Å². The molecule has 0 radical (unpaired) electrons. The molecule has 264 valence electrons. The molecule has 2 aliphatic heterocycles. The number of hydrogen-bond acceptors (Lipinski definition) is 6. The molecule has 48 heavy (non-hydrogen) atoms. The first-order valence-electron chi connectivity index (χ1n) is 16.7. The van der Waals surface area contributed by atoms with Gasteiger partial charge in [-0.2, -0.15) is 0 Å². The molecule has 0 N–H and O–H groups in total. The number of methoxy groups -OCH3 is 4. The van der Waals surface area contributed by atoms with Crippen LogP contribution in [0.5, 0.6) is 0 Å². The fraction of sp³-hybridized carbons (Fsp3) is 0.429. The zero-order valence-electron chi connectivity index (χ0n) is 30.4. The summed E-state index contributed by atoms with van der Waals surface area (Å²) in [7, 11) is 8.35. The Labute approximate surface area is 291 Å². The maximum atomic E-state index is 4.85. The van der Waals surface area contributed by atoms with Crippen molar-refractivity contribution < 1.29 is 28.4 Å². The van der Waals surface area contributed by atoms with E-state index in [1.54, 1.807) is 35.5 Å². The predicted molar refractivity (Wildman–Crippen MR) is 199 cm³/mol. The van der Waals surface area contributed by atoms with Crippen LogP contribution < -0.4 is 0 Å². The lowest BCUT2D eigenvalue weighted by atomic mass is 10.1. The largest absolute Gasteiger partial charge is 0.388 e. The maximum absolute atomic E-state index is 4.85. The first-order chi connectivity index (χ1) is 23.4. The fourth-order valence-electron chi connectivity index (χ4n) is 3.91. The van der Waals surface area contributed by atoms with Gasteiger partial charge in [-0.1, -0.05) is 135 Å². The third-order valence-corrected chi connectivity index (χ3v) is 6.60. The van der Waals surface area contributed by atoms with Crippen molar-refractivity contribution in [2.75, 3.05) is 68.6 Å². The highest BCUT2D eigenvalue weighted by Crippen LogP contribution is 2.10. The topological polar surface area (TPSA) is 62.0 Å². The lowest BCUT2D eigenvalue weighted by Crippen LogP contribution is -1.94. The van der Waals surface area contributed by atoms with Crippen LogP contribution in [-0.4, -0.2) is 80.8 Å². The zero-order chi connectivity index (χ0) is 35.1. The van der Waals surface area contributed by atoms with E-state index in [2.05, 4.69) is 140 Å². The van der Waals surface area contributed by atoms with E-state index in [1.807, 2.05) is 0 Å². The van der Waals surface area contributed by atoms with Gasteiger partial charge < -0.3 is 28.4 Å². The van der Waals surface area contributed by atoms with Gasteiger partial charge in [-0.05, 0) is 47.4 Å². The Morgan fingerprint density at radius 1 is 0.500 bits per heavy atom. The summed E-state index contributed by atoms with van der Waals surface area (Å²) in [6, 6.07) is 42.1. The molecular formula is C42H60O6. The van der Waals surface area contributed by atoms with Crippen molar-refractivity contribution in [1.82, 2.24) is 0 Å². The molecule has 0 aromatic heterocycles. The summed E-state index contributed by atoms with van der Waals surface area (Å²) in [5.41, 5.74) is 5.48. The van der Waals surface area contributed by atoms with E-state index in [0.29, 0.717) is 12.2 Å². The Kier molecular flexibility index (Phi) is 26.4. The van der Waals surface area contributed by atoms with Crippen LogP contribution >= 0.6 is 0 Å². The van der Waals surface area contributed by atoms with Crippen molar-refractivity contribution in [3.05, 3.63) is 144 Å². The molecule has 2 atom stereocenters. The minimum absolute atomic E-state index is 0.426. The van der Waals surface area contributed by atoms with Gasteiger partial charge >= 0.3 is 0 Å². The lowest BCUT2D eigenvalue weighted by Gasteiger charge is -2.00. The highest BCUT2D eigenvalue weighted by Gasteiger charge is 2.21. The predicted octanol–water partition coefficient (Wildman–Crippen LogP) is 8.56. The standard InChI is InChI=1S/2C13H12.C6H14O.2C4H8O2.C2H6O/c2*1-3-7-12(8-4-1)11-13-9-5-2-6-10-13;1-6(2)4-5-7-3;2*1-5-2-4-3-6-4;1-3-2/h2*1-10H,11H2;6H,4-5H2,1-3H3;2*4H,2-3H2,1H3;1-2H3. The smallest absolute Gasteiger partial charge is 0.104 e. The van der Waals surface area contributed by atoms with Crippen LogP contribution in [0.2, 0.25) is 0 Å². The van der Waals surface area contributed by atoms with E-state index in [4.69, 9.17) is 23.7 Å². The SMILES string of the molecule is COC.COCC1CO1.COCC1CO1.COCCC(C)C.c1ccc(Cc2ccccc2)cc1.c1ccc(Cc2ccccc2)cc1. The van der Waals surface area contributed by atoms with Crippen molar-refractivity contribution in [3.63, 3.8) is 0 Å². The Hall–Kier alpha value is -3.36. The van der Waals surface area contributed by atoms with Gasteiger partial charge in [0.25, 0.3) is 0 Å². The van der Waals surface area contributed by atoms with Gasteiger partial charge in [-0.15, -0.1) is 0 Å². The molecule has 2 heterocycles. The van der Waals surface area contributed by atoms with Crippen LogP contribution in [0.15, 0.2) is 121 Å². The second-order valence-corrected chi connectivity index (χ2v) is 11.7. The highest BCUT2D eigenvalue weighted by molar-refractivity contribution is 5.26. The van der Waals surface area contributed by atoms with Crippen molar-refractivity contribution >= 4 is 0 Å². The van der Waals surface area contributed by atoms with Crippen LogP contribution in [0, 0.1) is 5.92 Å². The number of epoxide rings is 2. The van der Waals surface area contributed by atoms with Gasteiger partial charge in [0.1, 0.15) is 12.2 Å². The Bertz CT molecular complexity index is 1030. The molecule has 0 bridgehead atoms. The van der Waals surface area contributed by atoms with Crippen molar-refractivity contribution in [2.45, 2.75) is 45.3 Å². The third-order valence-electron chi connectivity index (χ3n) is 6.60. The van der Waals surface area contributed by atoms with E-state index in [1.165, 1.54) is 28.7 Å². The van der Waals surface area contributed by atoms with Gasteiger partial charge in [0.2, 0.25) is 0 Å². The van der Waals surface area contributed by atoms with Crippen LogP contribution in [0.4, 0.5) is 0 Å². The molecule has 0 amide bonds. The second kappa shape index (κ2) is 29.8. The van der Waals surface area contributed by atoms with Crippen LogP contribution in [0.3, 0.4) is 0 Å². The van der Waals surface area contributed by atoms with E-state index in [0.717, 1.165) is 51.8 Å². The molecule has 4 aromatic carbocycles. The first-order valence-corrected chi connectivity index (χ1v) is 16.7. The molecule has 2 fully saturated rings. The number of ether oxygens (including phenoxy) is 6. The van der Waals surface area contributed by atoms with Crippen LogP contribution in [0.25, 0.3) is 0 Å². The van der Waals surface area contributed by atoms with Gasteiger partial charge in [0, 0.05) is 42.2 Å². The maximum Gasteiger partial charge on any atom is 0.104 e. The summed E-state index contributed by atoms with van der Waals surface area (Å²) in [5.74, 6) is 0.778. The molecular weight excluding hydrogens is 600 g/mol. The Balaban J connectivity index is 0.000000306. The average Bonchev–Trinajstić information content (AvgIpc) is 4.06. The second-order valence-electron chi connectivity index (χ2n) is 11.7. The molecule has 6 heteroatoms. The number of hydrogen-bond donors (Lipinski definition) is 0. The molecule has 2 unspecified atom stereocenters. The Morgan fingerprint density at radius 3 is 0.917 bits per heavy atom. The molecule has 2 saturated heterocycles. The summed E-state index contributed by atoms with van der Waals surface area (Å²) < 4.78 is 28.2. The normalized spacial score (nSPS) is 14.8. The summed E-state index contributed by atoms with van der Waals surface area (Å²) in [6.07, 6.45) is 4.09. The van der Waals surface area contributed by atoms with E-state index < -0.39 is 0 Å². The van der Waals surface area contributed by atoms with Gasteiger partial charge in [-0.25, -0.2) is 0 Å². The van der Waals surface area contributed by atoms with Gasteiger partial charge in [0.15, 0.2) is 0 Å². The van der Waals surface area contributed by atoms with Crippen LogP contribution in [0.1, 0.15) is 42.5 Å². The van der Waals surface area contributed by atoms with Crippen molar-refractivity contribution in [2.24, 2.45) is 5.92 Å². The quantitative estimate of drug-likeness (QED) is 0.150. The Morgan fingerprint density at radius 2 is 0.771 bits per heavy atom. The van der Waals surface area contributed by atoms with E-state index in [-0.39, 0.29) is 0 Å². The third kappa shape index (κ3) is 26.7. The van der Waals surface area contributed by atoms with E-state index >= 15 is 0 Å². The molecule has 2 aliphatic rings.